The van der Waals surface area contributed by atoms with E-state index in [1.54, 1.807) is 0 Å². The van der Waals surface area contributed by atoms with Gasteiger partial charge in [-0.25, -0.2) is 0 Å². The van der Waals surface area contributed by atoms with Gasteiger partial charge >= 0.3 is 0 Å². The molecule has 110 valence electrons. The first-order chi connectivity index (χ1) is 9.21. The van der Waals surface area contributed by atoms with Gasteiger partial charge in [0.2, 0.25) is 0 Å². The average Bonchev–Trinajstić information content (AvgIpc) is 2.58. The van der Waals surface area contributed by atoms with Crippen LogP contribution in [0, 0.1) is 11.3 Å². The van der Waals surface area contributed by atoms with Crippen LogP contribution in [0.4, 0.5) is 0 Å². The Labute approximate surface area is 123 Å². The summed E-state index contributed by atoms with van der Waals surface area (Å²) in [7, 11) is 2.17. The quantitative estimate of drug-likeness (QED) is 0.769. The van der Waals surface area contributed by atoms with Crippen LogP contribution in [0.5, 0.6) is 0 Å². The van der Waals surface area contributed by atoms with Gasteiger partial charge in [0.1, 0.15) is 6.17 Å². The van der Waals surface area contributed by atoms with Crippen LogP contribution in [-0.2, 0) is 0 Å². The first-order valence-electron chi connectivity index (χ1n) is 7.52. The summed E-state index contributed by atoms with van der Waals surface area (Å²) in [6.07, 6.45) is 9.29. The molecule has 1 saturated heterocycles. The second-order valence-electron chi connectivity index (χ2n) is 7.29. The van der Waals surface area contributed by atoms with Gasteiger partial charge in [-0.3, -0.25) is 0 Å². The molecule has 2 rings (SSSR count). The number of hydrogen-bond donors (Lipinski definition) is 1. The molecule has 1 fully saturated rings. The second kappa shape index (κ2) is 5.16. The lowest BCUT2D eigenvalue weighted by molar-refractivity contribution is 0.169. The molecule has 2 nitrogen and oxygen atoms in total. The summed E-state index contributed by atoms with van der Waals surface area (Å²) in [6, 6.07) is 0. The maximum Gasteiger partial charge on any atom is 0.104 e. The monoisotopic (exact) mass is 272 g/mol. The Bertz CT molecular complexity index is 510. The fourth-order valence-corrected chi connectivity index (χ4v) is 3.09. The topological polar surface area (TPSA) is 15.3 Å². The van der Waals surface area contributed by atoms with E-state index in [0.29, 0.717) is 12.1 Å². The van der Waals surface area contributed by atoms with Gasteiger partial charge in [-0.15, -0.1) is 0 Å². The van der Waals surface area contributed by atoms with Gasteiger partial charge in [-0.1, -0.05) is 46.8 Å². The predicted molar refractivity (Wildman–Crippen MR) is 87.0 cm³/mol. The lowest BCUT2D eigenvalue weighted by Crippen LogP contribution is -2.43. The molecule has 1 atom stereocenters. The molecule has 0 aromatic heterocycles. The van der Waals surface area contributed by atoms with Crippen molar-refractivity contribution in [2.45, 2.75) is 47.7 Å². The van der Waals surface area contributed by atoms with Gasteiger partial charge in [0.15, 0.2) is 0 Å². The van der Waals surface area contributed by atoms with Crippen LogP contribution in [0.3, 0.4) is 0 Å². The fraction of sp³-hybridized carbons (Fsp3) is 0.556. The molecule has 0 aromatic carbocycles. The van der Waals surface area contributed by atoms with E-state index in [4.69, 9.17) is 0 Å². The van der Waals surface area contributed by atoms with Crippen molar-refractivity contribution in [3.05, 3.63) is 46.8 Å². The minimum atomic E-state index is 0.194. The highest BCUT2D eigenvalue weighted by Crippen LogP contribution is 2.34. The Hall–Kier alpha value is -1.44. The lowest BCUT2D eigenvalue weighted by atomic mass is 9.92. The van der Waals surface area contributed by atoms with Gasteiger partial charge in [-0.05, 0) is 36.1 Å². The molecule has 1 heterocycles. The molecule has 0 saturated carbocycles. The SMILES string of the molecule is CC1=C(C(C)C)/C=C/C=C2\C(=C\1)NC(C(C)(C)C)N2C. The molecule has 20 heavy (non-hydrogen) atoms. The summed E-state index contributed by atoms with van der Waals surface area (Å²) in [4.78, 5) is 2.35. The van der Waals surface area contributed by atoms with Crippen molar-refractivity contribution in [2.24, 2.45) is 11.3 Å². The third kappa shape index (κ3) is 2.70. The van der Waals surface area contributed by atoms with Crippen LogP contribution >= 0.6 is 0 Å². The van der Waals surface area contributed by atoms with Crippen LogP contribution in [0.25, 0.3) is 0 Å². The average molecular weight is 272 g/mol. The number of hydrogen-bond acceptors (Lipinski definition) is 2. The molecule has 1 unspecified atom stereocenters. The standard InChI is InChI=1S/C18H28N2/c1-12(2)14-9-8-10-16-15(11-13(14)3)19-17(20(16)7)18(4,5)6/h8-12,17,19H,1-7H3/b9-8+,10-8?,13-11?,14-9?,14-13+,15-11-,16-10+. The summed E-state index contributed by atoms with van der Waals surface area (Å²) < 4.78 is 0. The minimum Gasteiger partial charge on any atom is -0.363 e. The molecule has 0 aromatic rings. The molecule has 2 heteroatoms. The molecule has 1 aliphatic carbocycles. The number of allylic oxidation sites excluding steroid dienone is 6. The van der Waals surface area contributed by atoms with Crippen LogP contribution in [0.15, 0.2) is 46.8 Å². The van der Waals surface area contributed by atoms with Crippen LogP contribution in [0.1, 0.15) is 41.5 Å². The van der Waals surface area contributed by atoms with Gasteiger partial charge in [0.05, 0.1) is 11.4 Å². The lowest BCUT2D eigenvalue weighted by Gasteiger charge is -2.33. The maximum atomic E-state index is 3.69. The molecule has 0 amide bonds. The van der Waals surface area contributed by atoms with Crippen molar-refractivity contribution < 1.29 is 0 Å². The number of rotatable bonds is 1. The van der Waals surface area contributed by atoms with E-state index in [1.165, 1.54) is 22.5 Å². The third-order valence-corrected chi connectivity index (χ3v) is 4.12. The van der Waals surface area contributed by atoms with Crippen molar-refractivity contribution in [1.29, 1.82) is 0 Å². The Morgan fingerprint density at radius 1 is 1.25 bits per heavy atom. The number of nitrogens with zero attached hydrogens (tertiary/aromatic N) is 1. The molecule has 1 N–H and O–H groups in total. The summed E-state index contributed by atoms with van der Waals surface area (Å²) in [6.45, 7) is 13.5. The first-order valence-corrected chi connectivity index (χ1v) is 7.52. The number of likely N-dealkylation sites (N-methyl/N-ethyl adjacent to an activating group) is 1. The minimum absolute atomic E-state index is 0.194. The first kappa shape index (κ1) is 15.0. The van der Waals surface area contributed by atoms with Gasteiger partial charge in [0, 0.05) is 12.5 Å². The van der Waals surface area contributed by atoms with E-state index < -0.39 is 0 Å². The van der Waals surface area contributed by atoms with Crippen LogP contribution in [0.2, 0.25) is 0 Å². The Balaban J connectivity index is 2.44. The molecule has 1 aliphatic heterocycles. The zero-order valence-corrected chi connectivity index (χ0v) is 13.9. The molecule has 0 bridgehead atoms. The van der Waals surface area contributed by atoms with Crippen molar-refractivity contribution in [3.8, 4) is 0 Å². The molecular formula is C18H28N2. The van der Waals surface area contributed by atoms with Gasteiger partial charge in [-0.2, -0.15) is 0 Å². The highest BCUT2D eigenvalue weighted by Gasteiger charge is 2.36. The van der Waals surface area contributed by atoms with Crippen molar-refractivity contribution in [1.82, 2.24) is 10.2 Å². The van der Waals surface area contributed by atoms with Gasteiger partial charge < -0.3 is 10.2 Å². The van der Waals surface area contributed by atoms with Crippen LogP contribution < -0.4 is 5.32 Å². The molecule has 0 spiro atoms. The van der Waals surface area contributed by atoms with Crippen molar-refractivity contribution in [2.75, 3.05) is 7.05 Å². The van der Waals surface area contributed by atoms with Crippen molar-refractivity contribution >= 4 is 0 Å². The Kier molecular flexibility index (Phi) is 3.86. The van der Waals surface area contributed by atoms with E-state index in [9.17, 15) is 0 Å². The predicted octanol–water partition coefficient (Wildman–Crippen LogP) is 4.20. The highest BCUT2D eigenvalue weighted by atomic mass is 15.3. The Morgan fingerprint density at radius 3 is 2.45 bits per heavy atom. The van der Waals surface area contributed by atoms with E-state index in [0.717, 1.165) is 0 Å². The molecule has 0 radical (unpaired) electrons. The smallest absolute Gasteiger partial charge is 0.104 e. The zero-order chi connectivity index (χ0) is 15.1. The van der Waals surface area contributed by atoms with E-state index >= 15 is 0 Å². The van der Waals surface area contributed by atoms with E-state index in [2.05, 4.69) is 83.1 Å². The highest BCUT2D eigenvalue weighted by molar-refractivity contribution is 5.47. The number of nitrogens with one attached hydrogen (secondary N) is 1. The normalized spacial score (nSPS) is 33.6. The van der Waals surface area contributed by atoms with E-state index in [-0.39, 0.29) is 5.41 Å². The largest absolute Gasteiger partial charge is 0.363 e. The molecule has 2 aliphatic rings. The maximum absolute atomic E-state index is 3.69. The summed E-state index contributed by atoms with van der Waals surface area (Å²) in [5.74, 6) is 0.551. The van der Waals surface area contributed by atoms with Gasteiger partial charge in [0.25, 0.3) is 0 Å². The zero-order valence-electron chi connectivity index (χ0n) is 13.9. The van der Waals surface area contributed by atoms with Crippen molar-refractivity contribution in [3.63, 3.8) is 0 Å². The third-order valence-electron chi connectivity index (χ3n) is 4.12. The summed E-state index contributed by atoms with van der Waals surface area (Å²) in [5.41, 5.74) is 5.49. The fourth-order valence-electron chi connectivity index (χ4n) is 3.09. The second-order valence-corrected chi connectivity index (χ2v) is 7.29. The summed E-state index contributed by atoms with van der Waals surface area (Å²) >= 11 is 0. The number of fused-ring (bicyclic) bond motifs is 1. The Morgan fingerprint density at radius 2 is 1.90 bits per heavy atom. The van der Waals surface area contributed by atoms with E-state index in [1.807, 2.05) is 0 Å². The van der Waals surface area contributed by atoms with Crippen LogP contribution in [-0.4, -0.2) is 18.1 Å². The summed E-state index contributed by atoms with van der Waals surface area (Å²) in [5, 5.41) is 3.69. The molecular weight excluding hydrogens is 244 g/mol.